The van der Waals surface area contributed by atoms with Gasteiger partial charge in [0.1, 0.15) is 22.8 Å². The molecule has 2 N–H and O–H groups in total. The lowest BCUT2D eigenvalue weighted by molar-refractivity contribution is 0.0694. The minimum absolute atomic E-state index is 0.0250. The molecule has 1 atom stereocenters. The Labute approximate surface area is 166 Å². The Bertz CT molecular complexity index is 1120. The van der Waals surface area contributed by atoms with Crippen LogP contribution in [-0.4, -0.2) is 31.8 Å². The maximum atomic E-state index is 13.1. The second-order valence-electron chi connectivity index (χ2n) is 6.10. The Morgan fingerprint density at radius 1 is 1.17 bits per heavy atom. The summed E-state index contributed by atoms with van der Waals surface area (Å²) in [6.07, 6.45) is 0. The highest BCUT2D eigenvalue weighted by Crippen LogP contribution is 2.30. The molecule has 0 saturated heterocycles. The number of aromatic carboxylic acids is 1. The fraction of sp³-hybridized carbons (Fsp3) is 0.158. The van der Waals surface area contributed by atoms with Crippen LogP contribution in [0.15, 0.2) is 57.9 Å². The summed E-state index contributed by atoms with van der Waals surface area (Å²) in [5.74, 6) is -1.52. The lowest BCUT2D eigenvalue weighted by Gasteiger charge is -2.13. The largest absolute Gasteiger partial charge is 0.497 e. The molecule has 0 saturated carbocycles. The molecule has 0 aliphatic rings. The molecule has 0 spiro atoms. The van der Waals surface area contributed by atoms with E-state index in [1.54, 1.807) is 0 Å². The second-order valence-corrected chi connectivity index (χ2v) is 7.81. The van der Waals surface area contributed by atoms with Crippen molar-refractivity contribution in [2.45, 2.75) is 17.9 Å². The van der Waals surface area contributed by atoms with Crippen molar-refractivity contribution >= 4 is 16.0 Å². The average Bonchev–Trinajstić information content (AvgIpc) is 3.14. The minimum Gasteiger partial charge on any atom is -0.497 e. The first-order valence-electron chi connectivity index (χ1n) is 8.38. The van der Waals surface area contributed by atoms with Crippen LogP contribution in [0.2, 0.25) is 0 Å². The third-order valence-corrected chi connectivity index (χ3v) is 5.70. The van der Waals surface area contributed by atoms with Crippen LogP contribution in [0, 0.1) is 5.82 Å². The summed E-state index contributed by atoms with van der Waals surface area (Å²) in [7, 11) is -2.51. The number of carboxylic acids is 1. The number of hydrogen-bond donors (Lipinski definition) is 2. The molecule has 0 aliphatic carbocycles. The Kier molecular flexibility index (Phi) is 5.66. The molecule has 1 unspecified atom stereocenters. The summed E-state index contributed by atoms with van der Waals surface area (Å²) in [4.78, 5) is 11.8. The van der Waals surface area contributed by atoms with Gasteiger partial charge in [-0.05, 0) is 55.5 Å². The number of ether oxygens (including phenoxy) is 1. The van der Waals surface area contributed by atoms with E-state index in [-0.39, 0.29) is 21.9 Å². The van der Waals surface area contributed by atoms with Gasteiger partial charge in [0.05, 0.1) is 18.0 Å². The average molecular weight is 420 g/mol. The number of methoxy groups -OCH3 is 1. The molecule has 1 aromatic heterocycles. The molecule has 29 heavy (non-hydrogen) atoms. The summed E-state index contributed by atoms with van der Waals surface area (Å²) in [6.45, 7) is 1.43. The highest BCUT2D eigenvalue weighted by atomic mass is 32.2. The maximum Gasteiger partial charge on any atom is 0.341 e. The summed E-state index contributed by atoms with van der Waals surface area (Å²) in [5, 5.41) is 13.4. The van der Waals surface area contributed by atoms with E-state index in [0.29, 0.717) is 11.3 Å². The molecule has 0 radical (unpaired) electrons. The second kappa shape index (κ2) is 8.02. The van der Waals surface area contributed by atoms with Crippen LogP contribution in [0.4, 0.5) is 4.39 Å². The third kappa shape index (κ3) is 4.28. The topological polar surface area (TPSA) is 119 Å². The number of carbonyl (C=O) groups is 1. The van der Waals surface area contributed by atoms with Crippen LogP contribution in [0.1, 0.15) is 29.1 Å². The lowest BCUT2D eigenvalue weighted by atomic mass is 10.0. The van der Waals surface area contributed by atoms with Gasteiger partial charge in [-0.2, -0.15) is 0 Å². The van der Waals surface area contributed by atoms with Gasteiger partial charge in [-0.15, -0.1) is 0 Å². The van der Waals surface area contributed by atoms with Crippen molar-refractivity contribution in [2.75, 3.05) is 7.11 Å². The van der Waals surface area contributed by atoms with Crippen molar-refractivity contribution in [3.05, 3.63) is 65.7 Å². The monoisotopic (exact) mass is 420 g/mol. The van der Waals surface area contributed by atoms with Gasteiger partial charge in [0.2, 0.25) is 10.0 Å². The molecule has 1 heterocycles. The van der Waals surface area contributed by atoms with E-state index >= 15 is 0 Å². The van der Waals surface area contributed by atoms with Crippen molar-refractivity contribution in [2.24, 2.45) is 0 Å². The van der Waals surface area contributed by atoms with E-state index in [0.717, 1.165) is 12.1 Å². The summed E-state index contributed by atoms with van der Waals surface area (Å²) < 4.78 is 50.9. The molecular formula is C19H17FN2O6S. The van der Waals surface area contributed by atoms with Crippen molar-refractivity contribution in [1.29, 1.82) is 0 Å². The van der Waals surface area contributed by atoms with Gasteiger partial charge in [-0.1, -0.05) is 5.16 Å². The van der Waals surface area contributed by atoms with Crippen LogP contribution in [0.5, 0.6) is 5.75 Å². The van der Waals surface area contributed by atoms with Crippen LogP contribution in [0.3, 0.4) is 0 Å². The maximum absolute atomic E-state index is 13.1. The van der Waals surface area contributed by atoms with E-state index in [1.165, 1.54) is 50.4 Å². The summed E-state index contributed by atoms with van der Waals surface area (Å²) >= 11 is 0. The minimum atomic E-state index is -3.97. The van der Waals surface area contributed by atoms with E-state index < -0.39 is 27.9 Å². The van der Waals surface area contributed by atoms with Crippen LogP contribution in [-0.2, 0) is 10.0 Å². The fourth-order valence-electron chi connectivity index (χ4n) is 2.72. The Morgan fingerprint density at radius 2 is 1.79 bits per heavy atom. The van der Waals surface area contributed by atoms with E-state index in [2.05, 4.69) is 9.88 Å². The molecule has 0 fully saturated rings. The normalized spacial score (nSPS) is 12.5. The standard InChI is InChI=1S/C19H17FN2O6S/c1-11(22-29(25,26)15-9-7-14(27-2)8-10-15)18-16(19(23)24)17(21-28-18)12-3-5-13(20)6-4-12/h3-11,22H,1-2H3,(H,23,24). The highest BCUT2D eigenvalue weighted by Gasteiger charge is 2.30. The molecule has 152 valence electrons. The number of benzene rings is 2. The molecular weight excluding hydrogens is 403 g/mol. The van der Waals surface area contributed by atoms with Gasteiger partial charge in [-0.3, -0.25) is 0 Å². The molecule has 0 aliphatic heterocycles. The number of nitrogens with zero attached hydrogens (tertiary/aromatic N) is 1. The predicted molar refractivity (Wildman–Crippen MR) is 101 cm³/mol. The number of hydrogen-bond acceptors (Lipinski definition) is 6. The molecule has 3 rings (SSSR count). The van der Waals surface area contributed by atoms with E-state index in [1.807, 2.05) is 0 Å². The Balaban J connectivity index is 1.93. The SMILES string of the molecule is COc1ccc(S(=O)(=O)NC(C)c2onc(-c3ccc(F)cc3)c2C(=O)O)cc1. The summed E-state index contributed by atoms with van der Waals surface area (Å²) in [6, 6.07) is 9.69. The zero-order chi connectivity index (χ0) is 21.2. The molecule has 2 aromatic carbocycles. The zero-order valence-corrected chi connectivity index (χ0v) is 16.2. The first kappa shape index (κ1) is 20.5. The van der Waals surface area contributed by atoms with Gasteiger partial charge in [0.25, 0.3) is 0 Å². The number of sulfonamides is 1. The van der Waals surface area contributed by atoms with E-state index in [4.69, 9.17) is 9.26 Å². The molecule has 3 aromatic rings. The number of rotatable bonds is 7. The first-order chi connectivity index (χ1) is 13.7. The van der Waals surface area contributed by atoms with Gasteiger partial charge in [0.15, 0.2) is 5.76 Å². The Hall–Kier alpha value is -3.24. The smallest absolute Gasteiger partial charge is 0.341 e. The molecule has 0 amide bonds. The Morgan fingerprint density at radius 3 is 2.34 bits per heavy atom. The number of halogens is 1. The van der Waals surface area contributed by atoms with Crippen molar-refractivity contribution in [3.8, 4) is 17.0 Å². The molecule has 0 bridgehead atoms. The van der Waals surface area contributed by atoms with Crippen molar-refractivity contribution in [1.82, 2.24) is 9.88 Å². The number of nitrogens with one attached hydrogen (secondary N) is 1. The van der Waals surface area contributed by atoms with Crippen LogP contribution in [0.25, 0.3) is 11.3 Å². The van der Waals surface area contributed by atoms with Gasteiger partial charge in [0, 0.05) is 5.56 Å². The highest BCUT2D eigenvalue weighted by molar-refractivity contribution is 7.89. The number of carboxylic acid groups (broad SMARTS) is 1. The first-order valence-corrected chi connectivity index (χ1v) is 9.86. The van der Waals surface area contributed by atoms with Gasteiger partial charge in [-0.25, -0.2) is 22.3 Å². The fourth-order valence-corrected chi connectivity index (χ4v) is 3.92. The zero-order valence-electron chi connectivity index (χ0n) is 15.4. The summed E-state index contributed by atoms with van der Waals surface area (Å²) in [5.41, 5.74) is -0.00598. The van der Waals surface area contributed by atoms with Crippen molar-refractivity contribution in [3.63, 3.8) is 0 Å². The van der Waals surface area contributed by atoms with Crippen LogP contribution >= 0.6 is 0 Å². The number of aromatic nitrogens is 1. The van der Waals surface area contributed by atoms with Gasteiger partial charge < -0.3 is 14.4 Å². The van der Waals surface area contributed by atoms with Crippen LogP contribution < -0.4 is 9.46 Å². The van der Waals surface area contributed by atoms with Crippen molar-refractivity contribution < 1.29 is 32.0 Å². The molecule has 8 nitrogen and oxygen atoms in total. The predicted octanol–water partition coefficient (Wildman–Crippen LogP) is 3.23. The van der Waals surface area contributed by atoms with E-state index in [9.17, 15) is 22.7 Å². The lowest BCUT2D eigenvalue weighted by Crippen LogP contribution is -2.27. The molecule has 10 heteroatoms. The van der Waals surface area contributed by atoms with Gasteiger partial charge >= 0.3 is 5.97 Å². The third-order valence-electron chi connectivity index (χ3n) is 4.14. The quantitative estimate of drug-likeness (QED) is 0.602.